The Balaban J connectivity index is 2.05. The van der Waals surface area contributed by atoms with Crippen LogP contribution in [-0.4, -0.2) is 29.5 Å². The molecular formula is C13H16N2S. The van der Waals surface area contributed by atoms with E-state index in [9.17, 15) is 0 Å². The van der Waals surface area contributed by atoms with Crippen molar-refractivity contribution in [2.24, 2.45) is 0 Å². The Bertz CT molecular complexity index is 376. The lowest BCUT2D eigenvalue weighted by Gasteiger charge is -2.19. The number of hydrogen-bond acceptors (Lipinski definition) is 3. The SMILES string of the molecule is N#Cc1ccccc1CN1CCCSCC1. The molecule has 0 aromatic heterocycles. The normalized spacial score (nSPS) is 17.7. The van der Waals surface area contributed by atoms with Gasteiger partial charge in [0.05, 0.1) is 11.6 Å². The Morgan fingerprint density at radius 1 is 1.25 bits per heavy atom. The van der Waals surface area contributed by atoms with Crippen molar-refractivity contribution in [3.63, 3.8) is 0 Å². The van der Waals surface area contributed by atoms with Gasteiger partial charge in [0.25, 0.3) is 0 Å². The summed E-state index contributed by atoms with van der Waals surface area (Å²) in [5.41, 5.74) is 1.98. The first-order chi connectivity index (χ1) is 7.90. The van der Waals surface area contributed by atoms with E-state index in [1.807, 2.05) is 30.0 Å². The Morgan fingerprint density at radius 2 is 2.12 bits per heavy atom. The van der Waals surface area contributed by atoms with Gasteiger partial charge in [0.2, 0.25) is 0 Å². The number of nitriles is 1. The molecule has 0 N–H and O–H groups in total. The molecule has 16 heavy (non-hydrogen) atoms. The predicted octanol–water partition coefficient (Wildman–Crippen LogP) is 2.50. The van der Waals surface area contributed by atoms with Crippen LogP contribution >= 0.6 is 11.8 Å². The molecule has 1 fully saturated rings. The van der Waals surface area contributed by atoms with E-state index < -0.39 is 0 Å². The van der Waals surface area contributed by atoms with Gasteiger partial charge in [-0.05, 0) is 30.3 Å². The van der Waals surface area contributed by atoms with E-state index in [2.05, 4.69) is 17.0 Å². The van der Waals surface area contributed by atoms with Crippen LogP contribution in [0, 0.1) is 11.3 Å². The molecule has 0 aliphatic carbocycles. The molecule has 2 nitrogen and oxygen atoms in total. The van der Waals surface area contributed by atoms with Crippen molar-refractivity contribution < 1.29 is 0 Å². The largest absolute Gasteiger partial charge is 0.298 e. The van der Waals surface area contributed by atoms with Crippen molar-refractivity contribution in [3.8, 4) is 6.07 Å². The van der Waals surface area contributed by atoms with Crippen LogP contribution in [0.15, 0.2) is 24.3 Å². The van der Waals surface area contributed by atoms with Gasteiger partial charge in [0.15, 0.2) is 0 Å². The smallest absolute Gasteiger partial charge is 0.0995 e. The fraction of sp³-hybridized carbons (Fsp3) is 0.462. The van der Waals surface area contributed by atoms with Gasteiger partial charge in [-0.3, -0.25) is 4.90 Å². The molecule has 1 aliphatic heterocycles. The minimum atomic E-state index is 0.819. The fourth-order valence-electron chi connectivity index (χ4n) is 1.96. The lowest BCUT2D eigenvalue weighted by Crippen LogP contribution is -2.25. The predicted molar refractivity (Wildman–Crippen MR) is 68.4 cm³/mol. The molecule has 1 aliphatic rings. The minimum Gasteiger partial charge on any atom is -0.298 e. The van der Waals surface area contributed by atoms with Gasteiger partial charge >= 0.3 is 0 Å². The zero-order valence-electron chi connectivity index (χ0n) is 9.35. The number of rotatable bonds is 2. The summed E-state index contributed by atoms with van der Waals surface area (Å²) in [6.45, 7) is 3.22. The van der Waals surface area contributed by atoms with Gasteiger partial charge < -0.3 is 0 Å². The summed E-state index contributed by atoms with van der Waals surface area (Å²) in [5, 5.41) is 9.03. The van der Waals surface area contributed by atoms with E-state index >= 15 is 0 Å². The highest BCUT2D eigenvalue weighted by atomic mass is 32.2. The number of nitrogens with zero attached hydrogens (tertiary/aromatic N) is 2. The molecule has 0 spiro atoms. The van der Waals surface area contributed by atoms with Crippen LogP contribution in [0.2, 0.25) is 0 Å². The van der Waals surface area contributed by atoms with Gasteiger partial charge in [0, 0.05) is 18.8 Å². The van der Waals surface area contributed by atoms with Crippen molar-refractivity contribution in [1.82, 2.24) is 4.90 Å². The molecule has 0 atom stereocenters. The average Bonchev–Trinajstić information content (AvgIpc) is 2.58. The number of thioether (sulfide) groups is 1. The third-order valence-electron chi connectivity index (χ3n) is 2.85. The van der Waals surface area contributed by atoms with E-state index in [1.165, 1.54) is 17.9 Å². The molecule has 0 radical (unpaired) electrons. The summed E-state index contributed by atoms with van der Waals surface area (Å²) in [7, 11) is 0. The summed E-state index contributed by atoms with van der Waals surface area (Å²) < 4.78 is 0. The summed E-state index contributed by atoms with van der Waals surface area (Å²) in [6.07, 6.45) is 1.26. The molecular weight excluding hydrogens is 216 g/mol. The second kappa shape index (κ2) is 5.93. The highest BCUT2D eigenvalue weighted by Gasteiger charge is 2.11. The Morgan fingerprint density at radius 3 is 3.00 bits per heavy atom. The van der Waals surface area contributed by atoms with Gasteiger partial charge in [0.1, 0.15) is 0 Å². The van der Waals surface area contributed by atoms with Crippen LogP contribution in [0.4, 0.5) is 0 Å². The molecule has 1 heterocycles. The quantitative estimate of drug-likeness (QED) is 0.784. The van der Waals surface area contributed by atoms with Gasteiger partial charge in [-0.15, -0.1) is 0 Å². The highest BCUT2D eigenvalue weighted by Crippen LogP contribution is 2.15. The van der Waals surface area contributed by atoms with Crippen LogP contribution in [0.25, 0.3) is 0 Å². The fourth-order valence-corrected chi connectivity index (χ4v) is 2.89. The van der Waals surface area contributed by atoms with Crippen molar-refractivity contribution >= 4 is 11.8 Å². The first-order valence-corrected chi connectivity index (χ1v) is 6.84. The molecule has 0 amide bonds. The second-order valence-corrected chi connectivity index (χ2v) is 5.24. The maximum atomic E-state index is 9.03. The second-order valence-electron chi connectivity index (χ2n) is 4.01. The lowest BCUT2D eigenvalue weighted by atomic mass is 10.1. The molecule has 1 aromatic rings. The van der Waals surface area contributed by atoms with Crippen LogP contribution in [-0.2, 0) is 6.54 Å². The zero-order chi connectivity index (χ0) is 11.2. The van der Waals surface area contributed by atoms with Crippen molar-refractivity contribution in [1.29, 1.82) is 5.26 Å². The third-order valence-corrected chi connectivity index (χ3v) is 3.90. The van der Waals surface area contributed by atoms with Gasteiger partial charge in [-0.1, -0.05) is 18.2 Å². The maximum absolute atomic E-state index is 9.03. The maximum Gasteiger partial charge on any atom is 0.0995 e. The first-order valence-electron chi connectivity index (χ1n) is 5.68. The topological polar surface area (TPSA) is 27.0 Å². The van der Waals surface area contributed by atoms with E-state index in [4.69, 9.17) is 5.26 Å². The van der Waals surface area contributed by atoms with Crippen molar-refractivity contribution in [2.75, 3.05) is 24.6 Å². The summed E-state index contributed by atoms with van der Waals surface area (Å²) >= 11 is 2.03. The minimum absolute atomic E-state index is 0.819. The molecule has 0 saturated carbocycles. The molecule has 84 valence electrons. The number of hydrogen-bond donors (Lipinski definition) is 0. The highest BCUT2D eigenvalue weighted by molar-refractivity contribution is 7.99. The average molecular weight is 232 g/mol. The van der Waals surface area contributed by atoms with Gasteiger partial charge in [-0.2, -0.15) is 17.0 Å². The molecule has 1 aromatic carbocycles. The standard InChI is InChI=1S/C13H16N2S/c14-10-12-4-1-2-5-13(12)11-15-6-3-8-16-9-7-15/h1-2,4-5H,3,6-9,11H2. The zero-order valence-corrected chi connectivity index (χ0v) is 10.2. The van der Waals surface area contributed by atoms with Crippen LogP contribution in [0.1, 0.15) is 17.5 Å². The van der Waals surface area contributed by atoms with Gasteiger partial charge in [-0.25, -0.2) is 0 Å². The van der Waals surface area contributed by atoms with E-state index in [0.29, 0.717) is 0 Å². The van der Waals surface area contributed by atoms with Crippen molar-refractivity contribution in [2.45, 2.75) is 13.0 Å². The van der Waals surface area contributed by atoms with E-state index in [1.54, 1.807) is 0 Å². The number of benzene rings is 1. The molecule has 2 rings (SSSR count). The molecule has 1 saturated heterocycles. The Labute approximate surface area is 101 Å². The molecule has 0 unspecified atom stereocenters. The van der Waals surface area contributed by atoms with E-state index in [-0.39, 0.29) is 0 Å². The van der Waals surface area contributed by atoms with Crippen molar-refractivity contribution in [3.05, 3.63) is 35.4 Å². The lowest BCUT2D eigenvalue weighted by molar-refractivity contribution is 0.287. The molecule has 3 heteroatoms. The first kappa shape index (κ1) is 11.5. The van der Waals surface area contributed by atoms with Crippen LogP contribution in [0.5, 0.6) is 0 Å². The third kappa shape index (κ3) is 3.01. The Hall–Kier alpha value is -0.980. The summed E-state index contributed by atoms with van der Waals surface area (Å²) in [4.78, 5) is 2.45. The Kier molecular flexibility index (Phi) is 4.26. The summed E-state index contributed by atoms with van der Waals surface area (Å²) in [5.74, 6) is 2.49. The van der Waals surface area contributed by atoms with E-state index in [0.717, 1.165) is 30.8 Å². The summed E-state index contributed by atoms with van der Waals surface area (Å²) in [6, 6.07) is 10.2. The molecule has 0 bridgehead atoms. The van der Waals surface area contributed by atoms with Crippen LogP contribution < -0.4 is 0 Å². The monoisotopic (exact) mass is 232 g/mol. The van der Waals surface area contributed by atoms with Crippen LogP contribution in [0.3, 0.4) is 0 Å².